The number of aryl methyl sites for hydroxylation is 1. The minimum atomic E-state index is -0.549. The molecule has 1 fully saturated rings. The second kappa shape index (κ2) is 9.29. The van der Waals surface area contributed by atoms with Crippen LogP contribution in [0, 0.1) is 6.92 Å². The smallest absolute Gasteiger partial charge is 0.270 e. The van der Waals surface area contributed by atoms with Crippen molar-refractivity contribution in [1.29, 1.82) is 0 Å². The zero-order valence-electron chi connectivity index (χ0n) is 16.7. The Morgan fingerprint density at radius 3 is 2.63 bits per heavy atom. The summed E-state index contributed by atoms with van der Waals surface area (Å²) in [5, 5.41) is 3.04. The molecule has 5 nitrogen and oxygen atoms in total. The molecule has 0 aromatic heterocycles. The highest BCUT2D eigenvalue weighted by Gasteiger charge is 2.35. The van der Waals surface area contributed by atoms with Gasteiger partial charge in [0.25, 0.3) is 11.8 Å². The molecule has 1 N–H and O–H groups in total. The Labute approximate surface area is 194 Å². The predicted molar refractivity (Wildman–Crippen MR) is 127 cm³/mol. The minimum Gasteiger partial charge on any atom is -0.489 e. The Balaban J connectivity index is 1.95. The second-order valence-electron chi connectivity index (χ2n) is 6.92. The molecule has 1 heterocycles. The number of rotatable bonds is 5. The van der Waals surface area contributed by atoms with Gasteiger partial charge in [-0.1, -0.05) is 40.5 Å². The normalized spacial score (nSPS) is 16.6. The van der Waals surface area contributed by atoms with Gasteiger partial charge in [0.15, 0.2) is 5.11 Å². The number of carbonyl (C=O) groups excluding carboxylic acids is 2. The maximum absolute atomic E-state index is 13.2. The zero-order valence-corrected chi connectivity index (χ0v) is 19.8. The van der Waals surface area contributed by atoms with E-state index in [9.17, 15) is 9.59 Å². The van der Waals surface area contributed by atoms with Crippen molar-refractivity contribution in [2.45, 2.75) is 33.3 Å². The van der Waals surface area contributed by atoms with Crippen LogP contribution in [0.25, 0.3) is 6.08 Å². The summed E-state index contributed by atoms with van der Waals surface area (Å²) in [6.45, 7) is 5.85. The third kappa shape index (κ3) is 4.74. The predicted octanol–water partition coefficient (Wildman–Crippen LogP) is 5.42. The maximum Gasteiger partial charge on any atom is 0.270 e. The van der Waals surface area contributed by atoms with E-state index in [0.29, 0.717) is 22.0 Å². The number of nitrogens with one attached hydrogen (secondary N) is 1. The van der Waals surface area contributed by atoms with E-state index >= 15 is 0 Å². The minimum absolute atomic E-state index is 0.0288. The lowest BCUT2D eigenvalue weighted by Gasteiger charge is -2.30. The third-order valence-corrected chi connectivity index (χ3v) is 5.74. The monoisotopic (exact) mass is 506 g/mol. The number of ether oxygens (including phenoxy) is 1. The van der Waals surface area contributed by atoms with Crippen LogP contribution in [0.15, 0.2) is 46.4 Å². The Morgan fingerprint density at radius 2 is 2.00 bits per heavy atom. The van der Waals surface area contributed by atoms with Crippen molar-refractivity contribution in [3.63, 3.8) is 0 Å². The van der Waals surface area contributed by atoms with Gasteiger partial charge in [0.05, 0.1) is 16.8 Å². The largest absolute Gasteiger partial charge is 0.489 e. The number of hydrogen-bond acceptors (Lipinski definition) is 4. The molecule has 2 aromatic carbocycles. The van der Waals surface area contributed by atoms with Crippen LogP contribution in [0.4, 0.5) is 5.69 Å². The molecule has 1 aliphatic heterocycles. The van der Waals surface area contributed by atoms with Gasteiger partial charge in [-0.15, -0.1) is 0 Å². The maximum atomic E-state index is 13.2. The van der Waals surface area contributed by atoms with E-state index < -0.39 is 11.8 Å². The van der Waals surface area contributed by atoms with Crippen molar-refractivity contribution in [3.8, 4) is 5.75 Å². The molecular formula is C22H20BrClN2O3S. The summed E-state index contributed by atoms with van der Waals surface area (Å²) in [5.74, 6) is -0.488. The van der Waals surface area contributed by atoms with E-state index in [2.05, 4.69) is 21.2 Å². The average molecular weight is 508 g/mol. The van der Waals surface area contributed by atoms with E-state index in [1.54, 1.807) is 24.3 Å². The lowest BCUT2D eigenvalue weighted by molar-refractivity contribution is -0.122. The van der Waals surface area contributed by atoms with Crippen molar-refractivity contribution >= 4 is 68.4 Å². The second-order valence-corrected chi connectivity index (χ2v) is 8.62. The van der Waals surface area contributed by atoms with Crippen LogP contribution in [-0.4, -0.2) is 23.0 Å². The molecule has 1 aliphatic rings. The van der Waals surface area contributed by atoms with Crippen LogP contribution >= 0.6 is 39.7 Å². The molecule has 0 aliphatic carbocycles. The quantitative estimate of drug-likeness (QED) is 0.334. The number of nitrogens with zero attached hydrogens (tertiary/aromatic N) is 1. The van der Waals surface area contributed by atoms with E-state index in [1.165, 1.54) is 11.0 Å². The van der Waals surface area contributed by atoms with Crippen LogP contribution in [0.2, 0.25) is 5.02 Å². The average Bonchev–Trinajstić information content (AvgIpc) is 2.68. The summed E-state index contributed by atoms with van der Waals surface area (Å²) in [4.78, 5) is 27.0. The third-order valence-electron chi connectivity index (χ3n) is 4.67. The zero-order chi connectivity index (χ0) is 22.0. The van der Waals surface area contributed by atoms with Crippen molar-refractivity contribution < 1.29 is 14.3 Å². The van der Waals surface area contributed by atoms with Crippen LogP contribution in [0.3, 0.4) is 0 Å². The number of anilines is 1. The Bertz CT molecular complexity index is 1070. The summed E-state index contributed by atoms with van der Waals surface area (Å²) in [7, 11) is 0. The van der Waals surface area contributed by atoms with Gasteiger partial charge in [-0.3, -0.25) is 19.8 Å². The van der Waals surface area contributed by atoms with Crippen molar-refractivity contribution in [2.24, 2.45) is 0 Å². The van der Waals surface area contributed by atoms with E-state index in [4.69, 9.17) is 28.6 Å². The van der Waals surface area contributed by atoms with Gasteiger partial charge in [-0.2, -0.15) is 0 Å². The molecule has 0 saturated carbocycles. The highest BCUT2D eigenvalue weighted by molar-refractivity contribution is 9.10. The SMILES string of the molecule is CC[C@H](C)Oc1ccc(/C=C2\C(=O)NC(=S)N(c3ccc(Br)cc3C)C2=O)cc1Cl. The Kier molecular flexibility index (Phi) is 6.95. The van der Waals surface area contributed by atoms with Gasteiger partial charge in [0.2, 0.25) is 0 Å². The fraction of sp³-hybridized carbons (Fsp3) is 0.227. The number of amides is 2. The number of hydrogen-bond donors (Lipinski definition) is 1. The van der Waals surface area contributed by atoms with Gasteiger partial charge in [-0.25, -0.2) is 0 Å². The first kappa shape index (κ1) is 22.5. The molecule has 3 rings (SSSR count). The molecule has 2 amide bonds. The Morgan fingerprint density at radius 1 is 1.27 bits per heavy atom. The van der Waals surface area contributed by atoms with E-state index in [1.807, 2.05) is 32.9 Å². The summed E-state index contributed by atoms with van der Waals surface area (Å²) in [6, 6.07) is 10.6. The summed E-state index contributed by atoms with van der Waals surface area (Å²) in [5.41, 5.74) is 2.02. The molecule has 8 heteroatoms. The molecule has 1 atom stereocenters. The lowest BCUT2D eigenvalue weighted by Crippen LogP contribution is -2.54. The molecule has 156 valence electrons. The number of thiocarbonyl (C=S) groups is 1. The summed E-state index contributed by atoms with van der Waals surface area (Å²) in [6.07, 6.45) is 2.38. The van der Waals surface area contributed by atoms with Gasteiger partial charge in [0, 0.05) is 4.47 Å². The van der Waals surface area contributed by atoms with Gasteiger partial charge in [0.1, 0.15) is 11.3 Å². The summed E-state index contributed by atoms with van der Waals surface area (Å²) < 4.78 is 6.65. The first-order chi connectivity index (χ1) is 14.2. The van der Waals surface area contributed by atoms with Crippen LogP contribution in [0.1, 0.15) is 31.4 Å². The van der Waals surface area contributed by atoms with Crippen LogP contribution < -0.4 is 15.0 Å². The molecular weight excluding hydrogens is 488 g/mol. The number of benzene rings is 2. The Hall–Kier alpha value is -2.22. The van der Waals surface area contributed by atoms with E-state index in [-0.39, 0.29) is 16.8 Å². The number of carbonyl (C=O) groups is 2. The molecule has 1 saturated heterocycles. The lowest BCUT2D eigenvalue weighted by atomic mass is 10.1. The van der Waals surface area contributed by atoms with Crippen molar-refractivity contribution in [2.75, 3.05) is 4.90 Å². The number of halogens is 2. The highest BCUT2D eigenvalue weighted by atomic mass is 79.9. The van der Waals surface area contributed by atoms with Crippen LogP contribution in [-0.2, 0) is 9.59 Å². The molecule has 0 spiro atoms. The molecule has 0 unspecified atom stereocenters. The highest BCUT2D eigenvalue weighted by Crippen LogP contribution is 2.30. The first-order valence-electron chi connectivity index (χ1n) is 9.35. The standard InChI is InChI=1S/C22H20BrClN2O3S/c1-4-13(3)29-19-8-5-14(11-17(19)24)10-16-20(27)25-22(30)26(21(16)28)18-7-6-15(23)9-12(18)2/h5-11,13H,4H2,1-3H3,(H,25,27,30)/b16-10+/t13-/m0/s1. The topological polar surface area (TPSA) is 58.6 Å². The van der Waals surface area contributed by atoms with E-state index in [0.717, 1.165) is 16.5 Å². The van der Waals surface area contributed by atoms with Gasteiger partial charge < -0.3 is 4.74 Å². The molecule has 0 radical (unpaired) electrons. The first-order valence-corrected chi connectivity index (χ1v) is 10.9. The fourth-order valence-corrected chi connectivity index (χ4v) is 3.90. The summed E-state index contributed by atoms with van der Waals surface area (Å²) >= 11 is 15.0. The van der Waals surface area contributed by atoms with Gasteiger partial charge >= 0.3 is 0 Å². The van der Waals surface area contributed by atoms with Crippen molar-refractivity contribution in [1.82, 2.24) is 5.32 Å². The van der Waals surface area contributed by atoms with Crippen LogP contribution in [0.5, 0.6) is 5.75 Å². The van der Waals surface area contributed by atoms with Crippen molar-refractivity contribution in [3.05, 3.63) is 62.6 Å². The fourth-order valence-electron chi connectivity index (χ4n) is 2.92. The molecule has 0 bridgehead atoms. The molecule has 30 heavy (non-hydrogen) atoms. The van der Waals surface area contributed by atoms with Gasteiger partial charge in [-0.05, 0) is 80.0 Å². The molecule has 2 aromatic rings.